The minimum absolute atomic E-state index is 0.312. The Bertz CT molecular complexity index is 682. The summed E-state index contributed by atoms with van der Waals surface area (Å²) < 4.78 is 19.8. The Balaban J connectivity index is 1.89. The van der Waals surface area contributed by atoms with Gasteiger partial charge in [-0.1, -0.05) is 11.2 Å². The summed E-state index contributed by atoms with van der Waals surface area (Å²) in [6.45, 7) is 0.651. The van der Waals surface area contributed by atoms with E-state index in [1.807, 2.05) is 12.1 Å². The second kappa shape index (κ2) is 5.61. The molecular formula is C13H10FIN4O. The molecule has 102 valence electrons. The minimum atomic E-state index is -0.312. The monoisotopic (exact) mass is 384 g/mol. The molecule has 3 rings (SSSR count). The summed E-state index contributed by atoms with van der Waals surface area (Å²) in [4.78, 5) is 4.02. The standard InChI is InChI=1S/C13H10FIN4O/c14-10-5-8(15)1-2-11(10)19-12-6-16-4-3-9(12)13-17-7-18-20-13/h1-3,5-7,16,19H,4H2. The molecule has 0 bridgehead atoms. The Hall–Kier alpha value is -1.90. The molecule has 2 N–H and O–H groups in total. The van der Waals surface area contributed by atoms with E-state index >= 15 is 0 Å². The second-order valence-electron chi connectivity index (χ2n) is 4.08. The molecule has 1 aromatic heterocycles. The van der Waals surface area contributed by atoms with Crippen LogP contribution in [0.2, 0.25) is 0 Å². The molecule has 0 spiro atoms. The molecule has 0 amide bonds. The fraction of sp³-hybridized carbons (Fsp3) is 0.0769. The van der Waals surface area contributed by atoms with Crippen molar-refractivity contribution in [2.24, 2.45) is 0 Å². The van der Waals surface area contributed by atoms with Gasteiger partial charge in [-0.15, -0.1) is 0 Å². The summed E-state index contributed by atoms with van der Waals surface area (Å²) in [5, 5.41) is 9.69. The lowest BCUT2D eigenvalue weighted by molar-refractivity contribution is 0.406. The predicted octanol–water partition coefficient (Wildman–Crippen LogP) is 2.75. The highest BCUT2D eigenvalue weighted by Crippen LogP contribution is 2.26. The molecule has 0 unspecified atom stereocenters. The molecule has 0 radical (unpaired) electrons. The number of halogens is 2. The predicted molar refractivity (Wildman–Crippen MR) is 81.1 cm³/mol. The molecule has 20 heavy (non-hydrogen) atoms. The summed E-state index contributed by atoms with van der Waals surface area (Å²) in [6, 6.07) is 4.99. The average molecular weight is 384 g/mol. The first-order valence-electron chi connectivity index (χ1n) is 5.87. The van der Waals surface area contributed by atoms with E-state index in [0.717, 1.165) is 9.14 Å². The van der Waals surface area contributed by atoms with Gasteiger partial charge >= 0.3 is 0 Å². The highest BCUT2D eigenvalue weighted by atomic mass is 127. The van der Waals surface area contributed by atoms with E-state index in [1.165, 1.54) is 12.4 Å². The summed E-state index contributed by atoms with van der Waals surface area (Å²) in [7, 11) is 0. The van der Waals surface area contributed by atoms with Crippen LogP contribution in [0.4, 0.5) is 10.1 Å². The largest absolute Gasteiger partial charge is 0.386 e. The van der Waals surface area contributed by atoms with Gasteiger partial charge in [0.2, 0.25) is 0 Å². The maximum absolute atomic E-state index is 13.9. The van der Waals surface area contributed by atoms with Gasteiger partial charge in [0, 0.05) is 16.3 Å². The van der Waals surface area contributed by atoms with Gasteiger partial charge in [0.15, 0.2) is 6.33 Å². The number of hydrogen-bond acceptors (Lipinski definition) is 5. The fourth-order valence-corrected chi connectivity index (χ4v) is 2.30. The number of allylic oxidation sites excluding steroid dienone is 1. The van der Waals surface area contributed by atoms with Crippen molar-refractivity contribution in [3.05, 3.63) is 57.8 Å². The van der Waals surface area contributed by atoms with Gasteiger partial charge in [-0.05, 0) is 40.8 Å². The molecule has 0 atom stereocenters. The van der Waals surface area contributed by atoms with Crippen molar-refractivity contribution in [1.29, 1.82) is 0 Å². The number of benzene rings is 1. The van der Waals surface area contributed by atoms with Crippen LogP contribution >= 0.6 is 22.6 Å². The van der Waals surface area contributed by atoms with Crippen LogP contribution in [0.3, 0.4) is 0 Å². The molecule has 1 aliphatic rings. The van der Waals surface area contributed by atoms with E-state index in [4.69, 9.17) is 4.52 Å². The Morgan fingerprint density at radius 2 is 2.30 bits per heavy atom. The third-order valence-electron chi connectivity index (χ3n) is 2.75. The fourth-order valence-electron chi connectivity index (χ4n) is 1.84. The van der Waals surface area contributed by atoms with Crippen molar-refractivity contribution < 1.29 is 8.91 Å². The van der Waals surface area contributed by atoms with Crippen molar-refractivity contribution in [3.8, 4) is 0 Å². The summed E-state index contributed by atoms with van der Waals surface area (Å²) in [5.41, 5.74) is 1.82. The van der Waals surface area contributed by atoms with E-state index in [2.05, 4.69) is 43.4 Å². The highest BCUT2D eigenvalue weighted by Gasteiger charge is 2.17. The van der Waals surface area contributed by atoms with Crippen LogP contribution < -0.4 is 10.6 Å². The molecular weight excluding hydrogens is 374 g/mol. The number of nitrogens with zero attached hydrogens (tertiary/aromatic N) is 2. The Kier molecular flexibility index (Phi) is 3.68. The van der Waals surface area contributed by atoms with Crippen LogP contribution in [0.25, 0.3) is 5.57 Å². The molecule has 2 aromatic rings. The topological polar surface area (TPSA) is 63.0 Å². The van der Waals surface area contributed by atoms with E-state index in [9.17, 15) is 4.39 Å². The van der Waals surface area contributed by atoms with Crippen LogP contribution in [0.5, 0.6) is 0 Å². The molecule has 2 heterocycles. The number of aromatic nitrogens is 2. The van der Waals surface area contributed by atoms with Crippen molar-refractivity contribution in [3.63, 3.8) is 0 Å². The second-order valence-corrected chi connectivity index (χ2v) is 5.33. The number of nitrogens with one attached hydrogen (secondary N) is 2. The first kappa shape index (κ1) is 13.1. The van der Waals surface area contributed by atoms with Crippen LogP contribution in [-0.4, -0.2) is 16.7 Å². The van der Waals surface area contributed by atoms with E-state index in [-0.39, 0.29) is 5.82 Å². The Morgan fingerprint density at radius 3 is 3.05 bits per heavy atom. The normalized spacial score (nSPS) is 14.3. The van der Waals surface area contributed by atoms with Gasteiger partial charge in [-0.25, -0.2) is 4.39 Å². The lowest BCUT2D eigenvalue weighted by Crippen LogP contribution is -2.17. The van der Waals surface area contributed by atoms with Crippen molar-refractivity contribution in [1.82, 2.24) is 15.5 Å². The van der Waals surface area contributed by atoms with Gasteiger partial charge < -0.3 is 15.2 Å². The third-order valence-corrected chi connectivity index (χ3v) is 3.42. The summed E-state index contributed by atoms with van der Waals surface area (Å²) >= 11 is 2.07. The first-order valence-corrected chi connectivity index (χ1v) is 6.95. The van der Waals surface area contributed by atoms with Crippen molar-refractivity contribution >= 4 is 33.9 Å². The van der Waals surface area contributed by atoms with Gasteiger partial charge in [0.05, 0.1) is 17.0 Å². The number of anilines is 1. The molecule has 0 fully saturated rings. The lowest BCUT2D eigenvalue weighted by Gasteiger charge is -2.17. The third kappa shape index (κ3) is 2.67. The molecule has 1 aliphatic heterocycles. The smallest absolute Gasteiger partial charge is 0.259 e. The highest BCUT2D eigenvalue weighted by molar-refractivity contribution is 14.1. The quantitative estimate of drug-likeness (QED) is 0.798. The molecule has 1 aromatic carbocycles. The minimum Gasteiger partial charge on any atom is -0.386 e. The average Bonchev–Trinajstić information content (AvgIpc) is 2.96. The molecule has 0 saturated heterocycles. The maximum atomic E-state index is 13.9. The zero-order valence-electron chi connectivity index (χ0n) is 10.2. The molecule has 5 nitrogen and oxygen atoms in total. The molecule has 7 heteroatoms. The first-order chi connectivity index (χ1) is 9.74. The molecule has 0 saturated carbocycles. The van der Waals surface area contributed by atoms with E-state index in [1.54, 1.807) is 12.3 Å². The summed E-state index contributed by atoms with van der Waals surface area (Å²) in [5.74, 6) is 0.0874. The molecule has 0 aliphatic carbocycles. The Morgan fingerprint density at radius 1 is 1.40 bits per heavy atom. The van der Waals surface area contributed by atoms with Crippen molar-refractivity contribution in [2.75, 3.05) is 11.9 Å². The maximum Gasteiger partial charge on any atom is 0.259 e. The van der Waals surface area contributed by atoms with Crippen LogP contribution in [0.1, 0.15) is 5.89 Å². The van der Waals surface area contributed by atoms with E-state index in [0.29, 0.717) is 23.8 Å². The van der Waals surface area contributed by atoms with Gasteiger partial charge in [0.1, 0.15) is 5.82 Å². The van der Waals surface area contributed by atoms with Crippen molar-refractivity contribution in [2.45, 2.75) is 0 Å². The SMILES string of the molecule is Fc1cc(I)ccc1NC1=CNCC=C1c1ncno1. The van der Waals surface area contributed by atoms with Crippen LogP contribution in [0.15, 0.2) is 47.0 Å². The van der Waals surface area contributed by atoms with Crippen LogP contribution in [0, 0.1) is 9.39 Å². The number of hydrogen-bond donors (Lipinski definition) is 2. The summed E-state index contributed by atoms with van der Waals surface area (Å²) in [6.07, 6.45) is 5.00. The number of rotatable bonds is 3. The van der Waals surface area contributed by atoms with Gasteiger partial charge in [-0.3, -0.25) is 0 Å². The number of dihydropyridines is 1. The van der Waals surface area contributed by atoms with Gasteiger partial charge in [-0.2, -0.15) is 4.98 Å². The van der Waals surface area contributed by atoms with Crippen LogP contribution in [-0.2, 0) is 0 Å². The van der Waals surface area contributed by atoms with E-state index < -0.39 is 0 Å². The zero-order chi connectivity index (χ0) is 13.9. The lowest BCUT2D eigenvalue weighted by atomic mass is 10.1. The Labute approximate surface area is 128 Å². The van der Waals surface area contributed by atoms with Gasteiger partial charge in [0.25, 0.3) is 5.89 Å². The zero-order valence-corrected chi connectivity index (χ0v) is 12.4.